The second-order valence-electron chi connectivity index (χ2n) is 5.86. The van der Waals surface area contributed by atoms with Crippen LogP contribution >= 0.6 is 0 Å². The topological polar surface area (TPSA) is 89.9 Å². The second-order valence-corrected chi connectivity index (χ2v) is 5.86. The van der Waals surface area contributed by atoms with E-state index in [9.17, 15) is 19.8 Å². The summed E-state index contributed by atoms with van der Waals surface area (Å²) in [5.41, 5.74) is -2.93. The number of aryl methyl sites for hydroxylation is 1. The number of hydrogen-bond donors (Lipinski definition) is 3. The number of nitrogens with zero attached hydrogens (tertiary/aromatic N) is 1. The molecule has 2 atom stereocenters. The van der Waals surface area contributed by atoms with Crippen molar-refractivity contribution in [3.05, 3.63) is 65.2 Å². The lowest BCUT2D eigenvalue weighted by Gasteiger charge is -2.35. The predicted molar refractivity (Wildman–Crippen MR) is 81.8 cm³/mol. The number of carbonyl (C=O) groups excluding carboxylic acids is 2. The van der Waals surface area contributed by atoms with Crippen molar-refractivity contribution in [3.8, 4) is 0 Å². The molecule has 1 aliphatic heterocycles. The number of urea groups is 1. The lowest BCUT2D eigenvalue weighted by molar-refractivity contribution is -0.109. The number of aliphatic hydroxyl groups is 2. The first-order valence-electron chi connectivity index (χ1n) is 7.17. The zero-order valence-electron chi connectivity index (χ0n) is 12.3. The van der Waals surface area contributed by atoms with Gasteiger partial charge in [0.25, 0.3) is 5.72 Å². The third-order valence-electron chi connectivity index (χ3n) is 4.45. The normalized spacial score (nSPS) is 28.6. The monoisotopic (exact) mass is 310 g/mol. The van der Waals surface area contributed by atoms with E-state index < -0.39 is 23.3 Å². The molecule has 6 heteroatoms. The van der Waals surface area contributed by atoms with Gasteiger partial charge in [0, 0.05) is 16.8 Å². The fourth-order valence-electron chi connectivity index (χ4n) is 3.39. The lowest BCUT2D eigenvalue weighted by atomic mass is 9.98. The summed E-state index contributed by atoms with van der Waals surface area (Å²) in [5.74, 6) is -0.723. The van der Waals surface area contributed by atoms with Crippen molar-refractivity contribution in [2.24, 2.45) is 0 Å². The minimum Gasteiger partial charge on any atom is -0.362 e. The van der Waals surface area contributed by atoms with Crippen LogP contribution < -0.4 is 10.2 Å². The molecule has 1 heterocycles. The molecular weight excluding hydrogens is 296 g/mol. The molecule has 1 fully saturated rings. The maximum atomic E-state index is 12.5. The number of benzene rings is 2. The van der Waals surface area contributed by atoms with Gasteiger partial charge in [-0.2, -0.15) is 0 Å². The number of nitrogens with one attached hydrogen (secondary N) is 1. The summed E-state index contributed by atoms with van der Waals surface area (Å²) < 4.78 is 0. The van der Waals surface area contributed by atoms with Gasteiger partial charge in [0.2, 0.25) is 11.5 Å². The molecule has 6 nitrogen and oxygen atoms in total. The Labute approximate surface area is 132 Å². The molecule has 116 valence electrons. The Morgan fingerprint density at radius 3 is 2.52 bits per heavy atom. The molecule has 0 spiro atoms. The maximum absolute atomic E-state index is 12.5. The first-order valence-corrected chi connectivity index (χ1v) is 7.17. The summed E-state index contributed by atoms with van der Waals surface area (Å²) in [6.07, 6.45) is 0. The predicted octanol–water partition coefficient (Wildman–Crippen LogP) is 1.25. The van der Waals surface area contributed by atoms with E-state index in [1.165, 1.54) is 12.1 Å². The van der Waals surface area contributed by atoms with Gasteiger partial charge in [0.15, 0.2) is 0 Å². The molecule has 2 aromatic rings. The van der Waals surface area contributed by atoms with E-state index in [4.69, 9.17) is 0 Å². The van der Waals surface area contributed by atoms with E-state index in [1.54, 1.807) is 30.3 Å². The molecular formula is C17H14N2O4. The zero-order chi connectivity index (χ0) is 16.4. The molecule has 2 amide bonds. The largest absolute Gasteiger partial charge is 0.362 e. The molecule has 1 saturated heterocycles. The molecule has 23 heavy (non-hydrogen) atoms. The lowest BCUT2D eigenvalue weighted by Crippen LogP contribution is -2.59. The van der Waals surface area contributed by atoms with Gasteiger partial charge in [-0.25, -0.2) is 4.79 Å². The van der Waals surface area contributed by atoms with Crippen molar-refractivity contribution >= 4 is 17.5 Å². The molecule has 4 rings (SSSR count). The Balaban J connectivity index is 2.00. The van der Waals surface area contributed by atoms with Crippen molar-refractivity contribution < 1.29 is 19.8 Å². The van der Waals surface area contributed by atoms with E-state index in [0.717, 1.165) is 10.5 Å². The number of ketones is 1. The molecule has 0 bridgehead atoms. The van der Waals surface area contributed by atoms with E-state index in [1.807, 2.05) is 13.0 Å². The quantitative estimate of drug-likeness (QED) is 0.739. The highest BCUT2D eigenvalue weighted by Gasteiger charge is 2.72. The van der Waals surface area contributed by atoms with Gasteiger partial charge in [0.1, 0.15) is 0 Å². The Hall–Kier alpha value is -2.70. The van der Waals surface area contributed by atoms with Gasteiger partial charge < -0.3 is 10.2 Å². The second kappa shape index (κ2) is 4.18. The summed E-state index contributed by atoms with van der Waals surface area (Å²) >= 11 is 0. The number of fused-ring (bicyclic) bond motifs is 3. The fraction of sp³-hybridized carbons (Fsp3) is 0.176. The number of carbonyl (C=O) groups is 2. The van der Waals surface area contributed by atoms with Crippen LogP contribution in [0.1, 0.15) is 21.5 Å². The average Bonchev–Trinajstić information content (AvgIpc) is 2.83. The zero-order valence-corrected chi connectivity index (χ0v) is 12.3. The van der Waals surface area contributed by atoms with Crippen molar-refractivity contribution in [1.29, 1.82) is 0 Å². The van der Waals surface area contributed by atoms with Crippen LogP contribution in [-0.2, 0) is 5.72 Å². The van der Waals surface area contributed by atoms with Crippen LogP contribution in [0.25, 0.3) is 0 Å². The van der Waals surface area contributed by atoms with E-state index in [-0.39, 0.29) is 11.1 Å². The summed E-state index contributed by atoms with van der Waals surface area (Å²) in [5, 5.41) is 24.3. The number of rotatable bonds is 1. The van der Waals surface area contributed by atoms with E-state index in [2.05, 4.69) is 5.32 Å². The smallest absolute Gasteiger partial charge is 0.327 e. The van der Waals surface area contributed by atoms with Crippen molar-refractivity contribution in [2.75, 3.05) is 4.90 Å². The maximum Gasteiger partial charge on any atom is 0.327 e. The molecule has 0 saturated carbocycles. The van der Waals surface area contributed by atoms with E-state index in [0.29, 0.717) is 5.69 Å². The van der Waals surface area contributed by atoms with E-state index >= 15 is 0 Å². The summed E-state index contributed by atoms with van der Waals surface area (Å²) in [6.45, 7) is 1.85. The SMILES string of the molecule is Cc1cccc(N2C(=O)NC3(O)C(=O)c4ccccc4C23O)c1. The van der Waals surface area contributed by atoms with Crippen LogP contribution in [0.3, 0.4) is 0 Å². The van der Waals surface area contributed by atoms with Gasteiger partial charge in [0.05, 0.1) is 0 Å². The molecule has 3 N–H and O–H groups in total. The van der Waals surface area contributed by atoms with Crippen LogP contribution in [0.2, 0.25) is 0 Å². The summed E-state index contributed by atoms with van der Waals surface area (Å²) in [6, 6.07) is 12.5. The fourth-order valence-corrected chi connectivity index (χ4v) is 3.39. The molecule has 0 aromatic heterocycles. The van der Waals surface area contributed by atoms with Crippen LogP contribution in [0.5, 0.6) is 0 Å². The van der Waals surface area contributed by atoms with Gasteiger partial charge in [-0.3, -0.25) is 15.0 Å². The molecule has 1 aliphatic carbocycles. The molecule has 2 aromatic carbocycles. The van der Waals surface area contributed by atoms with Gasteiger partial charge in [-0.05, 0) is 24.6 Å². The highest BCUT2D eigenvalue weighted by Crippen LogP contribution is 2.50. The highest BCUT2D eigenvalue weighted by molar-refractivity contribution is 6.15. The third kappa shape index (κ3) is 1.49. The van der Waals surface area contributed by atoms with Gasteiger partial charge in [-0.15, -0.1) is 0 Å². The Morgan fingerprint density at radius 2 is 1.78 bits per heavy atom. The van der Waals surface area contributed by atoms with Crippen LogP contribution in [-0.4, -0.2) is 27.8 Å². The Morgan fingerprint density at radius 1 is 1.04 bits per heavy atom. The van der Waals surface area contributed by atoms with Gasteiger partial charge >= 0.3 is 6.03 Å². The number of amides is 2. The standard InChI is InChI=1S/C17H14N2O4/c1-10-5-4-6-11(9-10)19-15(21)18-16(22)14(20)12-7-2-3-8-13(12)17(16,19)23/h2-9,22-23H,1H3,(H,18,21). The highest BCUT2D eigenvalue weighted by atomic mass is 16.4. The Kier molecular flexibility index (Phi) is 2.53. The number of Topliss-reactive ketones (excluding diaryl/α,β-unsaturated/α-hetero) is 1. The van der Waals surface area contributed by atoms with Crippen molar-refractivity contribution in [2.45, 2.75) is 18.4 Å². The van der Waals surface area contributed by atoms with Gasteiger partial charge in [-0.1, -0.05) is 36.4 Å². The Bertz CT molecular complexity index is 865. The average molecular weight is 310 g/mol. The minimum absolute atomic E-state index is 0.190. The first kappa shape index (κ1) is 13.9. The third-order valence-corrected chi connectivity index (χ3v) is 4.45. The number of hydrogen-bond acceptors (Lipinski definition) is 4. The molecule has 2 aliphatic rings. The van der Waals surface area contributed by atoms with Crippen LogP contribution in [0.15, 0.2) is 48.5 Å². The first-order chi connectivity index (χ1) is 10.9. The molecule has 2 unspecified atom stereocenters. The summed E-state index contributed by atoms with van der Waals surface area (Å²) in [4.78, 5) is 26.0. The summed E-state index contributed by atoms with van der Waals surface area (Å²) in [7, 11) is 0. The van der Waals surface area contributed by atoms with Crippen molar-refractivity contribution in [1.82, 2.24) is 5.32 Å². The number of anilines is 1. The van der Waals surface area contributed by atoms with Crippen LogP contribution in [0.4, 0.5) is 10.5 Å². The van der Waals surface area contributed by atoms with Crippen LogP contribution in [0, 0.1) is 6.92 Å². The van der Waals surface area contributed by atoms with Crippen molar-refractivity contribution in [3.63, 3.8) is 0 Å². The molecule has 0 radical (unpaired) electrons. The minimum atomic E-state index is -2.41.